The summed E-state index contributed by atoms with van der Waals surface area (Å²) in [6.07, 6.45) is 4.03. The summed E-state index contributed by atoms with van der Waals surface area (Å²) < 4.78 is 49.0. The number of imidazole rings is 1. The van der Waals surface area contributed by atoms with E-state index in [-0.39, 0.29) is 18.8 Å². The lowest BCUT2D eigenvalue weighted by molar-refractivity contribution is 0.112. The van der Waals surface area contributed by atoms with E-state index in [2.05, 4.69) is 35.7 Å². The summed E-state index contributed by atoms with van der Waals surface area (Å²) in [6.45, 7) is 3.58. The molecule has 5 rings (SSSR count). The van der Waals surface area contributed by atoms with Gasteiger partial charge in [0.2, 0.25) is 5.96 Å². The van der Waals surface area contributed by atoms with E-state index in [4.69, 9.17) is 4.74 Å². The maximum absolute atomic E-state index is 14.4. The van der Waals surface area contributed by atoms with Gasteiger partial charge in [-0.3, -0.25) is 4.99 Å². The number of aromatic nitrogens is 4. The van der Waals surface area contributed by atoms with E-state index < -0.39 is 11.8 Å². The highest BCUT2D eigenvalue weighted by atomic mass is 19.3. The van der Waals surface area contributed by atoms with Crippen LogP contribution in [-0.2, 0) is 17.7 Å². The second-order valence-electron chi connectivity index (χ2n) is 8.33. The van der Waals surface area contributed by atoms with E-state index in [9.17, 15) is 13.2 Å². The average Bonchev–Trinajstić information content (AvgIpc) is 3.12. The van der Waals surface area contributed by atoms with Gasteiger partial charge in [-0.05, 0) is 25.3 Å². The maximum atomic E-state index is 14.4. The van der Waals surface area contributed by atoms with Gasteiger partial charge in [-0.1, -0.05) is 0 Å². The molecular weight excluding hydrogens is 437 g/mol. The number of alkyl halides is 2. The van der Waals surface area contributed by atoms with E-state index in [1.54, 1.807) is 6.92 Å². The van der Waals surface area contributed by atoms with Gasteiger partial charge in [-0.15, -0.1) is 0 Å². The summed E-state index contributed by atoms with van der Waals surface area (Å²) in [4.78, 5) is 16.3. The second-order valence-corrected chi connectivity index (χ2v) is 8.33. The number of nitrogens with one attached hydrogen (secondary N) is 3. The normalized spacial score (nSPS) is 22.4. The van der Waals surface area contributed by atoms with E-state index in [0.29, 0.717) is 73.6 Å². The number of rotatable bonds is 3. The van der Waals surface area contributed by atoms with Crippen LogP contribution in [0.1, 0.15) is 48.5 Å². The Kier molecular flexibility index (Phi) is 5.69. The smallest absolute Gasteiger partial charge is 0.256 e. The molecule has 1 unspecified atom stereocenters. The third kappa shape index (κ3) is 4.39. The SMILES string of the molecule is CC1=C(F)c2nc(CNC3=NCCOCCN=CNc4c(C5CC5(F)F)cnn43)[nH]c2CC1. The van der Waals surface area contributed by atoms with Crippen molar-refractivity contribution in [1.82, 2.24) is 25.1 Å². The second kappa shape index (κ2) is 8.65. The molecule has 2 aromatic rings. The fourth-order valence-electron chi connectivity index (χ4n) is 3.97. The van der Waals surface area contributed by atoms with Gasteiger partial charge < -0.3 is 20.4 Å². The molecule has 1 saturated carbocycles. The van der Waals surface area contributed by atoms with Crippen molar-refractivity contribution in [3.05, 3.63) is 34.5 Å². The van der Waals surface area contributed by atoms with Crippen molar-refractivity contribution in [3.8, 4) is 0 Å². The first-order valence-corrected chi connectivity index (χ1v) is 10.9. The van der Waals surface area contributed by atoms with Crippen molar-refractivity contribution >= 4 is 23.9 Å². The number of fused-ring (bicyclic) bond motifs is 2. The molecule has 3 heterocycles. The predicted octanol–water partition coefficient (Wildman–Crippen LogP) is 2.84. The van der Waals surface area contributed by atoms with Crippen LogP contribution in [0, 0.1) is 0 Å². The summed E-state index contributed by atoms with van der Waals surface area (Å²) in [6, 6.07) is 0. The van der Waals surface area contributed by atoms with Crippen LogP contribution in [0.3, 0.4) is 0 Å². The minimum absolute atomic E-state index is 0.214. The average molecular weight is 462 g/mol. The van der Waals surface area contributed by atoms with Crippen LogP contribution in [-0.4, -0.2) is 64.3 Å². The number of nitrogens with zero attached hydrogens (tertiary/aromatic N) is 5. The molecule has 1 aliphatic heterocycles. The van der Waals surface area contributed by atoms with Gasteiger partial charge in [0, 0.05) is 17.7 Å². The Morgan fingerprint density at radius 3 is 2.91 bits per heavy atom. The number of anilines is 1. The van der Waals surface area contributed by atoms with Crippen molar-refractivity contribution < 1.29 is 17.9 Å². The molecule has 1 atom stereocenters. The van der Waals surface area contributed by atoms with E-state index in [0.717, 1.165) is 5.69 Å². The fourth-order valence-corrected chi connectivity index (χ4v) is 3.97. The molecule has 9 nitrogen and oxygen atoms in total. The van der Waals surface area contributed by atoms with Crippen LogP contribution in [0.5, 0.6) is 0 Å². The van der Waals surface area contributed by atoms with E-state index in [1.807, 2.05) is 0 Å². The molecule has 2 aromatic heterocycles. The Hall–Kier alpha value is -3.15. The van der Waals surface area contributed by atoms with Crippen molar-refractivity contribution in [1.29, 1.82) is 0 Å². The number of aromatic amines is 1. The number of ether oxygens (including phenoxy) is 1. The summed E-state index contributed by atoms with van der Waals surface area (Å²) in [5, 5.41) is 10.5. The Labute approximate surface area is 188 Å². The van der Waals surface area contributed by atoms with Crippen molar-refractivity contribution in [3.63, 3.8) is 0 Å². The van der Waals surface area contributed by atoms with Crippen LogP contribution < -0.4 is 10.6 Å². The molecule has 0 bridgehead atoms. The molecule has 2 aliphatic carbocycles. The number of halogens is 3. The molecule has 176 valence electrons. The number of aliphatic imine (C=N–C) groups is 2. The van der Waals surface area contributed by atoms with Crippen LogP contribution in [0.2, 0.25) is 0 Å². The molecule has 12 heteroatoms. The van der Waals surface area contributed by atoms with Gasteiger partial charge in [0.1, 0.15) is 23.2 Å². The van der Waals surface area contributed by atoms with Gasteiger partial charge >= 0.3 is 0 Å². The quantitative estimate of drug-likeness (QED) is 0.651. The van der Waals surface area contributed by atoms with Crippen molar-refractivity contribution in [2.75, 3.05) is 31.6 Å². The third-order valence-electron chi connectivity index (χ3n) is 5.93. The highest BCUT2D eigenvalue weighted by Crippen LogP contribution is 2.57. The maximum Gasteiger partial charge on any atom is 0.256 e. The van der Waals surface area contributed by atoms with E-state index in [1.165, 1.54) is 17.2 Å². The van der Waals surface area contributed by atoms with Gasteiger partial charge in [-0.25, -0.2) is 23.1 Å². The van der Waals surface area contributed by atoms with Crippen LogP contribution in [0.4, 0.5) is 19.0 Å². The largest absolute Gasteiger partial charge is 0.378 e. The highest BCUT2D eigenvalue weighted by molar-refractivity contribution is 5.88. The van der Waals surface area contributed by atoms with Crippen LogP contribution in [0.15, 0.2) is 21.8 Å². The van der Waals surface area contributed by atoms with Crippen molar-refractivity contribution in [2.24, 2.45) is 9.98 Å². The monoisotopic (exact) mass is 462 g/mol. The molecule has 3 N–H and O–H groups in total. The third-order valence-corrected chi connectivity index (χ3v) is 5.93. The van der Waals surface area contributed by atoms with Crippen molar-refractivity contribution in [2.45, 2.75) is 44.6 Å². The Bertz CT molecular complexity index is 1130. The fraction of sp³-hybridized carbons (Fsp3) is 0.524. The Morgan fingerprint density at radius 2 is 2.09 bits per heavy atom. The zero-order chi connectivity index (χ0) is 23.0. The zero-order valence-corrected chi connectivity index (χ0v) is 18.2. The van der Waals surface area contributed by atoms with Gasteiger partial charge in [-0.2, -0.15) is 9.78 Å². The van der Waals surface area contributed by atoms with Gasteiger partial charge in [0.25, 0.3) is 5.92 Å². The molecule has 3 aliphatic rings. The first-order valence-electron chi connectivity index (χ1n) is 10.9. The number of aryl methyl sites for hydroxylation is 1. The number of H-pyrrole nitrogens is 1. The minimum atomic E-state index is -2.74. The summed E-state index contributed by atoms with van der Waals surface area (Å²) in [5.41, 5.74) is 2.21. The molecule has 0 radical (unpaired) electrons. The zero-order valence-electron chi connectivity index (χ0n) is 18.2. The van der Waals surface area contributed by atoms with Gasteiger partial charge in [0.15, 0.2) is 0 Å². The number of hydrogen-bond acceptors (Lipinski definition) is 7. The molecule has 0 amide bonds. The molecule has 0 saturated heterocycles. The lowest BCUT2D eigenvalue weighted by atomic mass is 10.0. The van der Waals surface area contributed by atoms with Crippen LogP contribution in [0.25, 0.3) is 5.83 Å². The lowest BCUT2D eigenvalue weighted by Gasteiger charge is -2.14. The Morgan fingerprint density at radius 1 is 1.27 bits per heavy atom. The molecule has 33 heavy (non-hydrogen) atoms. The first kappa shape index (κ1) is 21.7. The van der Waals surface area contributed by atoms with E-state index >= 15 is 0 Å². The minimum Gasteiger partial charge on any atom is -0.378 e. The highest BCUT2D eigenvalue weighted by Gasteiger charge is 2.59. The summed E-state index contributed by atoms with van der Waals surface area (Å²) in [5.74, 6) is -2.65. The van der Waals surface area contributed by atoms with Crippen LogP contribution >= 0.6 is 0 Å². The molecule has 1 fully saturated rings. The number of hydrogen-bond donors (Lipinski definition) is 3. The first-order chi connectivity index (χ1) is 15.9. The predicted molar refractivity (Wildman–Crippen MR) is 117 cm³/mol. The molecule has 0 aromatic carbocycles. The molecular formula is C21H25F3N8O. The standard InChI is InChI=1S/C21H25F3N8O/c1-12-2-3-15-18(17(12)22)31-16(30-15)10-27-20-26-5-7-33-6-4-25-11-28-19-13(9-29-32(19)20)14-8-21(14,23)24/h9,11,14H,2-8,10H2,1H3,(H,25,28)(H,26,27)(H,30,31). The van der Waals surface area contributed by atoms with Gasteiger partial charge in [0.05, 0.1) is 51.3 Å². The summed E-state index contributed by atoms with van der Waals surface area (Å²) in [7, 11) is 0. The lowest BCUT2D eigenvalue weighted by Crippen LogP contribution is -2.33. The Balaban J connectivity index is 1.42. The number of allylic oxidation sites excluding steroid dienone is 1. The topological polar surface area (TPSA) is 105 Å². The summed E-state index contributed by atoms with van der Waals surface area (Å²) >= 11 is 0. The molecule has 0 spiro atoms.